The molecule has 0 saturated carbocycles. The lowest BCUT2D eigenvalue weighted by atomic mass is 10.2. The first-order valence-corrected chi connectivity index (χ1v) is 8.25. The summed E-state index contributed by atoms with van der Waals surface area (Å²) in [6, 6.07) is 17.1. The molecule has 128 valence electrons. The number of imidazole rings is 1. The fourth-order valence-electron chi connectivity index (χ4n) is 2.37. The minimum absolute atomic E-state index is 0.209. The van der Waals surface area contributed by atoms with Crippen LogP contribution in [0.3, 0.4) is 0 Å². The number of nitrogens with one attached hydrogen (secondary N) is 1. The normalized spacial score (nSPS) is 10.5. The predicted molar refractivity (Wildman–Crippen MR) is 97.8 cm³/mol. The quantitative estimate of drug-likeness (QED) is 0.724. The van der Waals surface area contributed by atoms with Crippen molar-refractivity contribution in [2.75, 3.05) is 5.32 Å². The molecular formula is C19H18ClN3O2. The van der Waals surface area contributed by atoms with Crippen LogP contribution in [0.2, 0.25) is 5.02 Å². The van der Waals surface area contributed by atoms with Crippen molar-refractivity contribution in [3.8, 4) is 0 Å². The van der Waals surface area contributed by atoms with Gasteiger partial charge in [-0.3, -0.25) is 0 Å². The minimum Gasteiger partial charge on any atom is -0.444 e. The summed E-state index contributed by atoms with van der Waals surface area (Å²) in [5, 5.41) is 3.80. The first-order valence-electron chi connectivity index (χ1n) is 7.88. The molecule has 0 radical (unpaired) electrons. The van der Waals surface area contributed by atoms with Crippen LogP contribution >= 0.6 is 11.6 Å². The van der Waals surface area contributed by atoms with E-state index in [1.807, 2.05) is 61.5 Å². The van der Waals surface area contributed by atoms with Crippen molar-refractivity contribution in [2.24, 2.45) is 0 Å². The molecule has 0 spiro atoms. The van der Waals surface area contributed by atoms with E-state index >= 15 is 0 Å². The lowest BCUT2D eigenvalue weighted by Crippen LogP contribution is -2.16. The summed E-state index contributed by atoms with van der Waals surface area (Å²) in [6.45, 7) is 2.49. The van der Waals surface area contributed by atoms with Gasteiger partial charge in [0, 0.05) is 17.8 Å². The van der Waals surface area contributed by atoms with Crippen molar-refractivity contribution in [3.05, 3.63) is 82.6 Å². The lowest BCUT2D eigenvalue weighted by molar-refractivity contribution is 0.141. The van der Waals surface area contributed by atoms with Gasteiger partial charge in [0.25, 0.3) is 0 Å². The van der Waals surface area contributed by atoms with Gasteiger partial charge in [0.05, 0.1) is 5.69 Å². The highest BCUT2D eigenvalue weighted by Gasteiger charge is 2.14. The molecule has 1 heterocycles. The number of rotatable bonds is 5. The smallest absolute Gasteiger partial charge is 0.421 e. The highest BCUT2D eigenvalue weighted by Crippen LogP contribution is 2.17. The number of nitrogens with zero attached hydrogens (tertiary/aromatic N) is 2. The third kappa shape index (κ3) is 4.39. The second kappa shape index (κ2) is 7.85. The third-order valence-corrected chi connectivity index (χ3v) is 3.99. The molecule has 1 aromatic heterocycles. The number of carbonyl (C=O) groups is 1. The summed E-state index contributed by atoms with van der Waals surface area (Å²) in [5.41, 5.74) is 2.57. The van der Waals surface area contributed by atoms with Crippen LogP contribution in [0.5, 0.6) is 0 Å². The second-order valence-electron chi connectivity index (χ2n) is 5.56. The molecule has 2 aromatic carbocycles. The topological polar surface area (TPSA) is 56.1 Å². The molecule has 0 fully saturated rings. The van der Waals surface area contributed by atoms with Gasteiger partial charge < -0.3 is 10.1 Å². The van der Waals surface area contributed by atoms with Crippen LogP contribution in [-0.2, 0) is 17.9 Å². The molecule has 0 aliphatic heterocycles. The maximum atomic E-state index is 12.4. The number of aromatic nitrogens is 2. The van der Waals surface area contributed by atoms with E-state index in [0.717, 1.165) is 16.8 Å². The molecule has 0 bridgehead atoms. The molecule has 25 heavy (non-hydrogen) atoms. The monoisotopic (exact) mass is 355 g/mol. The van der Waals surface area contributed by atoms with E-state index in [4.69, 9.17) is 16.3 Å². The maximum Gasteiger partial charge on any atom is 0.421 e. The molecule has 0 aliphatic rings. The Kier molecular flexibility index (Phi) is 5.36. The Morgan fingerprint density at radius 3 is 2.64 bits per heavy atom. The summed E-state index contributed by atoms with van der Waals surface area (Å²) in [7, 11) is 0. The SMILES string of the molecule is Cc1cn(C(=O)OCc2ccccc2)c(NCc2ccccc2Cl)n1. The van der Waals surface area contributed by atoms with E-state index in [1.54, 1.807) is 6.20 Å². The summed E-state index contributed by atoms with van der Waals surface area (Å²) < 4.78 is 6.73. The van der Waals surface area contributed by atoms with Gasteiger partial charge in [-0.25, -0.2) is 14.3 Å². The van der Waals surface area contributed by atoms with Gasteiger partial charge in [-0.1, -0.05) is 60.1 Å². The Balaban J connectivity index is 1.67. The first-order chi connectivity index (χ1) is 12.1. The summed E-state index contributed by atoms with van der Waals surface area (Å²) in [5.74, 6) is 0.426. The number of anilines is 1. The van der Waals surface area contributed by atoms with Gasteiger partial charge in [0.15, 0.2) is 0 Å². The Hall–Kier alpha value is -2.79. The average Bonchev–Trinajstić information content (AvgIpc) is 3.01. The molecule has 0 amide bonds. The van der Waals surface area contributed by atoms with Gasteiger partial charge in [-0.05, 0) is 24.1 Å². The third-order valence-electron chi connectivity index (χ3n) is 3.62. The molecule has 0 saturated heterocycles. The van der Waals surface area contributed by atoms with Gasteiger partial charge >= 0.3 is 6.09 Å². The largest absolute Gasteiger partial charge is 0.444 e. The molecule has 3 aromatic rings. The van der Waals surface area contributed by atoms with E-state index in [0.29, 0.717) is 17.5 Å². The molecule has 0 unspecified atom stereocenters. The standard InChI is InChI=1S/C19H18ClN3O2/c1-14-12-23(19(24)25-13-15-7-3-2-4-8-15)18(22-14)21-11-16-9-5-6-10-17(16)20/h2-10,12H,11,13H2,1H3,(H,21,22). The summed E-state index contributed by atoms with van der Waals surface area (Å²) in [6.07, 6.45) is 1.16. The van der Waals surface area contributed by atoms with Crippen LogP contribution in [0.4, 0.5) is 10.7 Å². The number of ether oxygens (including phenoxy) is 1. The zero-order valence-electron chi connectivity index (χ0n) is 13.8. The zero-order valence-corrected chi connectivity index (χ0v) is 14.5. The fraction of sp³-hybridized carbons (Fsp3) is 0.158. The van der Waals surface area contributed by atoms with Gasteiger partial charge in [-0.2, -0.15) is 0 Å². The van der Waals surface area contributed by atoms with Crippen molar-refractivity contribution in [1.29, 1.82) is 0 Å². The Bertz CT molecular complexity index is 862. The molecule has 1 N–H and O–H groups in total. The first kappa shape index (κ1) is 17.0. The minimum atomic E-state index is -0.480. The van der Waals surface area contributed by atoms with E-state index < -0.39 is 6.09 Å². The molecule has 6 heteroatoms. The zero-order chi connectivity index (χ0) is 17.6. The number of hydrogen-bond acceptors (Lipinski definition) is 4. The molecule has 0 atom stereocenters. The van der Waals surface area contributed by atoms with Gasteiger partial charge in [0.2, 0.25) is 5.95 Å². The average molecular weight is 356 g/mol. The van der Waals surface area contributed by atoms with Crippen LogP contribution in [0.15, 0.2) is 60.8 Å². The van der Waals surface area contributed by atoms with Crippen LogP contribution in [0, 0.1) is 6.92 Å². The van der Waals surface area contributed by atoms with Crippen LogP contribution in [0.1, 0.15) is 16.8 Å². The molecule has 3 rings (SSSR count). The van der Waals surface area contributed by atoms with Crippen LogP contribution in [0.25, 0.3) is 0 Å². The number of aryl methyl sites for hydroxylation is 1. The molecule has 5 nitrogen and oxygen atoms in total. The summed E-state index contributed by atoms with van der Waals surface area (Å²) >= 11 is 6.16. The van der Waals surface area contributed by atoms with Crippen LogP contribution < -0.4 is 5.32 Å². The summed E-state index contributed by atoms with van der Waals surface area (Å²) in [4.78, 5) is 16.7. The lowest BCUT2D eigenvalue weighted by Gasteiger charge is -2.10. The van der Waals surface area contributed by atoms with Gasteiger partial charge in [-0.15, -0.1) is 0 Å². The van der Waals surface area contributed by atoms with Gasteiger partial charge in [0.1, 0.15) is 6.61 Å². The highest BCUT2D eigenvalue weighted by atomic mass is 35.5. The Morgan fingerprint density at radius 2 is 1.88 bits per heavy atom. The predicted octanol–water partition coefficient (Wildman–Crippen LogP) is 4.64. The van der Waals surface area contributed by atoms with E-state index in [9.17, 15) is 4.79 Å². The van der Waals surface area contributed by atoms with Crippen LogP contribution in [-0.4, -0.2) is 15.6 Å². The van der Waals surface area contributed by atoms with Crippen molar-refractivity contribution >= 4 is 23.6 Å². The molecule has 0 aliphatic carbocycles. The van der Waals surface area contributed by atoms with Crippen molar-refractivity contribution < 1.29 is 9.53 Å². The van der Waals surface area contributed by atoms with E-state index in [-0.39, 0.29) is 6.61 Å². The number of halogens is 1. The highest BCUT2D eigenvalue weighted by molar-refractivity contribution is 6.31. The van der Waals surface area contributed by atoms with E-state index in [1.165, 1.54) is 4.57 Å². The van der Waals surface area contributed by atoms with E-state index in [2.05, 4.69) is 10.3 Å². The van der Waals surface area contributed by atoms with Crippen molar-refractivity contribution in [2.45, 2.75) is 20.1 Å². The Morgan fingerprint density at radius 1 is 1.16 bits per heavy atom. The fourth-order valence-corrected chi connectivity index (χ4v) is 2.57. The number of benzene rings is 2. The Labute approximate surface area is 151 Å². The molecular weight excluding hydrogens is 338 g/mol. The van der Waals surface area contributed by atoms with Crippen molar-refractivity contribution in [3.63, 3.8) is 0 Å². The number of hydrogen-bond donors (Lipinski definition) is 1. The number of carbonyl (C=O) groups excluding carboxylic acids is 1. The second-order valence-corrected chi connectivity index (χ2v) is 5.97. The maximum absolute atomic E-state index is 12.4. The van der Waals surface area contributed by atoms with Crippen molar-refractivity contribution in [1.82, 2.24) is 9.55 Å².